The normalized spacial score (nSPS) is 17.1. The summed E-state index contributed by atoms with van der Waals surface area (Å²) in [5, 5.41) is -0.789. The quantitative estimate of drug-likeness (QED) is 0.142. The zero-order valence-corrected chi connectivity index (χ0v) is 40.4. The molecule has 1 aliphatic heterocycles. The van der Waals surface area contributed by atoms with E-state index < -0.39 is 155 Å². The van der Waals surface area contributed by atoms with Crippen LogP contribution in [0.4, 0.5) is 22.7 Å². The number of para-hydroxylation sites is 3. The van der Waals surface area contributed by atoms with Crippen molar-refractivity contribution in [3.05, 3.63) is 223 Å². The summed E-state index contributed by atoms with van der Waals surface area (Å²) in [5.74, 6) is -1.26. The molecule has 2 aromatic heterocycles. The van der Waals surface area contributed by atoms with Crippen LogP contribution in [0.5, 0.6) is 11.5 Å². The number of pyridine rings is 1. The van der Waals surface area contributed by atoms with Gasteiger partial charge in [0.15, 0.2) is 0 Å². The van der Waals surface area contributed by atoms with Crippen molar-refractivity contribution in [2.45, 2.75) is 59.2 Å². The van der Waals surface area contributed by atoms with Crippen LogP contribution in [0.15, 0.2) is 188 Å². The Balaban J connectivity index is 0.00000891. The number of fused-ring (bicyclic) bond motifs is 4. The van der Waals surface area contributed by atoms with Gasteiger partial charge in [0.2, 0.25) is 0 Å². The first-order valence-electron chi connectivity index (χ1n) is 32.2. The third-order valence-electron chi connectivity index (χ3n) is 11.7. The minimum absolute atomic E-state index is 0. The van der Waals surface area contributed by atoms with Crippen LogP contribution < -0.4 is 14.5 Å². The molecule has 0 fully saturated rings. The first kappa shape index (κ1) is 27.1. The summed E-state index contributed by atoms with van der Waals surface area (Å²) < 4.78 is 193. The Morgan fingerprint density at radius 1 is 0.594 bits per heavy atom. The van der Waals surface area contributed by atoms with Gasteiger partial charge in [-0.2, -0.15) is 12.1 Å². The number of benzene rings is 8. The summed E-state index contributed by atoms with van der Waals surface area (Å²) in [5.41, 5.74) is 2.29. The smallest absolute Gasteiger partial charge is 0.135 e. The Morgan fingerprint density at radius 2 is 1.26 bits per heavy atom. The molecule has 69 heavy (non-hydrogen) atoms. The monoisotopic (exact) mass is 1100 g/mol. The van der Waals surface area contributed by atoms with Crippen LogP contribution >= 0.6 is 0 Å². The average Bonchev–Trinajstić information content (AvgIpc) is 1.51. The van der Waals surface area contributed by atoms with Crippen molar-refractivity contribution in [3.63, 3.8) is 0 Å². The van der Waals surface area contributed by atoms with E-state index in [4.69, 9.17) is 22.6 Å². The predicted octanol–water partition coefficient (Wildman–Crippen LogP) is 16.9. The van der Waals surface area contributed by atoms with Gasteiger partial charge in [0.05, 0.1) is 21.9 Å². The third kappa shape index (κ3) is 8.66. The molecule has 5 nitrogen and oxygen atoms in total. The van der Waals surface area contributed by atoms with Gasteiger partial charge in [0.25, 0.3) is 0 Å². The summed E-state index contributed by atoms with van der Waals surface area (Å²) in [4.78, 5) is 7.80. The van der Waals surface area contributed by atoms with Gasteiger partial charge in [0, 0.05) is 77.9 Å². The molecule has 0 N–H and O–H groups in total. The number of rotatable bonds is 8. The first-order chi connectivity index (χ1) is 41.6. The predicted molar refractivity (Wildman–Crippen MR) is 283 cm³/mol. The van der Waals surface area contributed by atoms with Crippen molar-refractivity contribution in [2.75, 3.05) is 9.80 Å². The average molecular weight is 1100 g/mol. The second-order valence-corrected chi connectivity index (χ2v) is 18.3. The minimum Gasteiger partial charge on any atom is -0.509 e. The van der Waals surface area contributed by atoms with E-state index in [-0.39, 0.29) is 54.1 Å². The Kier molecular flexibility index (Phi) is 7.08. The SMILES string of the molecule is [2H]c1nc(-n2c3[c-]c(Oc4[c-]c(N5[CH-]N(c6c(-c7cc(C(C)(C)C)cc(C(C)(C)C)c7)cccc6-c6c([2H])c([2H])c([2H])c([2H])c6[2H])c6ccccc65)ccc4)c([2H])c([2H])c3c3c([2H])c(-c4c([2H])c([2H])c([2H])c([2H])c4[2H])c([2H])c([2H])c32)c([2H])c(C([2H])([2H])[2H])c1[2H].[Pt]. The van der Waals surface area contributed by atoms with Crippen LogP contribution in [0.25, 0.3) is 61.0 Å². The van der Waals surface area contributed by atoms with Gasteiger partial charge >= 0.3 is 0 Å². The van der Waals surface area contributed by atoms with Crippen molar-refractivity contribution >= 4 is 44.6 Å². The molecule has 1 aliphatic rings. The molecule has 0 spiro atoms. The van der Waals surface area contributed by atoms with Crippen molar-refractivity contribution < 1.29 is 54.6 Å². The summed E-state index contributed by atoms with van der Waals surface area (Å²) in [6.45, 7) is 11.3. The van der Waals surface area contributed by atoms with E-state index in [2.05, 4.69) is 76.9 Å². The molecule has 0 saturated heterocycles. The first-order valence-corrected chi connectivity index (χ1v) is 21.7. The molecule has 6 heteroatoms. The van der Waals surface area contributed by atoms with Gasteiger partial charge < -0.3 is 19.1 Å². The van der Waals surface area contributed by atoms with E-state index in [1.807, 2.05) is 35.2 Å². The molecular weight excluding hydrogens is 1020 g/mol. The molecule has 10 aromatic rings. The minimum atomic E-state index is -3.18. The molecular formula is C63H53N4OPt-3. The van der Waals surface area contributed by atoms with Crippen molar-refractivity contribution in [1.82, 2.24) is 9.55 Å². The number of hydrogen-bond acceptors (Lipinski definition) is 4. The maximum Gasteiger partial charge on any atom is 0.135 e. The van der Waals surface area contributed by atoms with Crippen LogP contribution in [0.1, 0.15) is 87.0 Å². The summed E-state index contributed by atoms with van der Waals surface area (Å²) in [6.07, 6.45) is -0.917. The molecule has 3 heterocycles. The summed E-state index contributed by atoms with van der Waals surface area (Å²) in [7, 11) is 0. The molecule has 0 unspecified atom stereocenters. The molecule has 0 saturated carbocycles. The van der Waals surface area contributed by atoms with Crippen LogP contribution in [0, 0.1) is 25.7 Å². The standard InChI is InChI=1S/C63H53N4O.Pt/c1-42-32-33-64-60(34-42)67-56-31-28-45(43-18-10-8-11-19-43)37-55(56)54-30-29-51(40-59(54)67)68-50-23-16-22-49(39-50)65-41-66(58-27-15-14-26-57(58)65)61-52(44-20-12-9-13-21-44)24-17-25-53(61)46-35-47(62(2,3)4)38-48(36-46)63(5,6)7;/h8-38,41H,1-7H3;/q-3;/i1D3,8D,9D,10D,11D,12D,13D,18D,19D,20D,21D,28D,29D,30D,31D,32D,33D,34D,37D;. The van der Waals surface area contributed by atoms with E-state index in [1.165, 1.54) is 6.07 Å². The van der Waals surface area contributed by atoms with Gasteiger partial charge in [-0.1, -0.05) is 168 Å². The topological polar surface area (TPSA) is 33.5 Å². The number of aromatic nitrogens is 2. The van der Waals surface area contributed by atoms with Crippen LogP contribution in [0.3, 0.4) is 0 Å². The van der Waals surface area contributed by atoms with E-state index in [0.29, 0.717) is 33.9 Å². The maximum absolute atomic E-state index is 9.65. The number of anilines is 4. The molecule has 0 radical (unpaired) electrons. The molecule has 0 atom stereocenters. The van der Waals surface area contributed by atoms with Gasteiger partial charge in [-0.05, 0) is 93.6 Å². The molecule has 0 bridgehead atoms. The van der Waals surface area contributed by atoms with Crippen molar-refractivity contribution in [3.8, 4) is 50.7 Å². The molecule has 8 aromatic carbocycles. The van der Waals surface area contributed by atoms with Gasteiger partial charge in [-0.25, -0.2) is 4.98 Å². The van der Waals surface area contributed by atoms with E-state index in [9.17, 15) is 11.0 Å². The third-order valence-corrected chi connectivity index (χ3v) is 11.7. The zero-order chi connectivity index (χ0) is 64.9. The Morgan fingerprint density at radius 3 is 1.96 bits per heavy atom. The fraction of sp³-hybridized carbons (Fsp3) is 0.143. The number of nitrogens with zero attached hydrogens (tertiary/aromatic N) is 4. The van der Waals surface area contributed by atoms with Crippen molar-refractivity contribution in [1.29, 1.82) is 0 Å². The molecule has 344 valence electrons. The zero-order valence-electron chi connectivity index (χ0n) is 59.1. The Hall–Kier alpha value is -7.20. The maximum atomic E-state index is 9.65. The van der Waals surface area contributed by atoms with Crippen LogP contribution in [-0.4, -0.2) is 9.55 Å². The van der Waals surface area contributed by atoms with Crippen LogP contribution in [0.2, 0.25) is 0 Å². The summed E-state index contributed by atoms with van der Waals surface area (Å²) in [6, 6.07) is 18.2. The fourth-order valence-electron chi connectivity index (χ4n) is 8.26. The second kappa shape index (κ2) is 18.0. The molecule has 11 rings (SSSR count). The molecule has 0 aliphatic carbocycles. The largest absolute Gasteiger partial charge is 0.509 e. The summed E-state index contributed by atoms with van der Waals surface area (Å²) >= 11 is 0. The van der Waals surface area contributed by atoms with Gasteiger partial charge in [-0.3, -0.25) is 0 Å². The Labute approximate surface area is 450 Å². The van der Waals surface area contributed by atoms with Gasteiger partial charge in [-0.15, -0.1) is 48.1 Å². The van der Waals surface area contributed by atoms with Crippen molar-refractivity contribution in [2.24, 2.45) is 0 Å². The van der Waals surface area contributed by atoms with Gasteiger partial charge in [0.1, 0.15) is 5.82 Å². The number of ether oxygens (including phenoxy) is 1. The Bertz CT molecular complexity index is 4610. The molecule has 0 amide bonds. The number of hydrogen-bond donors (Lipinski definition) is 0. The van der Waals surface area contributed by atoms with E-state index in [0.717, 1.165) is 21.3 Å². The van der Waals surface area contributed by atoms with Crippen LogP contribution in [-0.2, 0) is 31.9 Å². The van der Waals surface area contributed by atoms with E-state index in [1.54, 1.807) is 35.8 Å². The fourth-order valence-corrected chi connectivity index (χ4v) is 8.26. The second-order valence-electron chi connectivity index (χ2n) is 18.3. The van der Waals surface area contributed by atoms with E-state index >= 15 is 0 Å².